The Morgan fingerprint density at radius 3 is 2.68 bits per heavy atom. The zero-order valence-electron chi connectivity index (χ0n) is 15.9. The van der Waals surface area contributed by atoms with Gasteiger partial charge in [0.1, 0.15) is 5.65 Å². The minimum Gasteiger partial charge on any atom is -0.325 e. The summed E-state index contributed by atoms with van der Waals surface area (Å²) >= 11 is 5.97. The summed E-state index contributed by atoms with van der Waals surface area (Å²) in [4.78, 5) is 21.6. The van der Waals surface area contributed by atoms with E-state index in [-0.39, 0.29) is 5.91 Å². The van der Waals surface area contributed by atoms with Crippen LogP contribution in [0.1, 0.15) is 11.3 Å². The molecule has 146 valence electrons. The minimum absolute atomic E-state index is 0.0132. The van der Waals surface area contributed by atoms with E-state index in [1.165, 1.54) is 0 Å². The van der Waals surface area contributed by atoms with Gasteiger partial charge in [0.25, 0.3) is 0 Å². The average Bonchev–Trinajstić information content (AvgIpc) is 3.08. The SMILES string of the molecule is Cc1cc(Cl)ccc1NC(=O)CN1CCN(Cc2cn3ccccc3n2)CC1. The van der Waals surface area contributed by atoms with Crippen LogP contribution in [0.3, 0.4) is 0 Å². The molecule has 0 unspecified atom stereocenters. The number of benzene rings is 1. The number of imidazole rings is 1. The van der Waals surface area contributed by atoms with Gasteiger partial charge in [-0.2, -0.15) is 0 Å². The number of carbonyl (C=O) groups is 1. The molecule has 1 aliphatic heterocycles. The molecule has 7 heteroatoms. The summed E-state index contributed by atoms with van der Waals surface area (Å²) in [6.45, 7) is 6.80. The topological polar surface area (TPSA) is 52.9 Å². The number of aryl methyl sites for hydroxylation is 1. The average molecular weight is 398 g/mol. The van der Waals surface area contributed by atoms with Crippen molar-refractivity contribution in [1.82, 2.24) is 19.2 Å². The summed E-state index contributed by atoms with van der Waals surface area (Å²) < 4.78 is 2.05. The Balaban J connectivity index is 1.26. The second-order valence-electron chi connectivity index (χ2n) is 7.26. The number of amides is 1. The highest BCUT2D eigenvalue weighted by molar-refractivity contribution is 6.30. The lowest BCUT2D eigenvalue weighted by atomic mass is 10.2. The van der Waals surface area contributed by atoms with Gasteiger partial charge in [0.15, 0.2) is 0 Å². The van der Waals surface area contributed by atoms with Crippen LogP contribution in [0.15, 0.2) is 48.8 Å². The van der Waals surface area contributed by atoms with Crippen molar-refractivity contribution in [1.29, 1.82) is 0 Å². The van der Waals surface area contributed by atoms with E-state index in [2.05, 4.69) is 30.7 Å². The van der Waals surface area contributed by atoms with Crippen LogP contribution in [0.5, 0.6) is 0 Å². The van der Waals surface area contributed by atoms with Gasteiger partial charge < -0.3 is 9.72 Å². The number of nitrogens with zero attached hydrogens (tertiary/aromatic N) is 4. The number of nitrogens with one attached hydrogen (secondary N) is 1. The Morgan fingerprint density at radius 2 is 1.93 bits per heavy atom. The second-order valence-corrected chi connectivity index (χ2v) is 7.69. The third-order valence-corrected chi connectivity index (χ3v) is 5.33. The first-order valence-electron chi connectivity index (χ1n) is 9.50. The highest BCUT2D eigenvalue weighted by Gasteiger charge is 2.20. The Kier molecular flexibility index (Phi) is 5.62. The van der Waals surface area contributed by atoms with E-state index in [1.54, 1.807) is 6.07 Å². The summed E-state index contributed by atoms with van der Waals surface area (Å²) in [5, 5.41) is 3.66. The van der Waals surface area contributed by atoms with E-state index in [0.29, 0.717) is 11.6 Å². The first kappa shape index (κ1) is 18.9. The van der Waals surface area contributed by atoms with Crippen molar-refractivity contribution in [2.24, 2.45) is 0 Å². The number of rotatable bonds is 5. The van der Waals surface area contributed by atoms with Crippen LogP contribution in [0.25, 0.3) is 5.65 Å². The molecule has 3 heterocycles. The summed E-state index contributed by atoms with van der Waals surface area (Å²) in [5.74, 6) is 0.0132. The van der Waals surface area contributed by atoms with Crippen molar-refractivity contribution in [3.05, 3.63) is 65.1 Å². The van der Waals surface area contributed by atoms with Crippen molar-refractivity contribution in [3.63, 3.8) is 0 Å². The molecule has 0 radical (unpaired) electrons. The second kappa shape index (κ2) is 8.31. The molecule has 0 spiro atoms. The number of hydrogen-bond donors (Lipinski definition) is 1. The highest BCUT2D eigenvalue weighted by atomic mass is 35.5. The van der Waals surface area contributed by atoms with Gasteiger partial charge >= 0.3 is 0 Å². The fourth-order valence-corrected chi connectivity index (χ4v) is 3.78. The van der Waals surface area contributed by atoms with Gasteiger partial charge in [0.05, 0.1) is 12.2 Å². The normalized spacial score (nSPS) is 15.8. The first-order valence-corrected chi connectivity index (χ1v) is 9.88. The van der Waals surface area contributed by atoms with Gasteiger partial charge in [0, 0.05) is 55.8 Å². The number of hydrogen-bond acceptors (Lipinski definition) is 4. The van der Waals surface area contributed by atoms with Crippen LogP contribution >= 0.6 is 11.6 Å². The standard InChI is InChI=1S/C21H24ClN5O/c1-16-12-17(22)5-6-19(16)24-21(28)15-26-10-8-25(9-11-26)13-18-14-27-7-3-2-4-20(27)23-18/h2-7,12,14H,8-11,13,15H2,1H3,(H,24,28). The van der Waals surface area contributed by atoms with Crippen LogP contribution in [0, 0.1) is 6.92 Å². The predicted octanol–water partition coefficient (Wildman–Crippen LogP) is 3.05. The number of pyridine rings is 1. The monoisotopic (exact) mass is 397 g/mol. The van der Waals surface area contributed by atoms with Crippen molar-refractivity contribution in [2.45, 2.75) is 13.5 Å². The van der Waals surface area contributed by atoms with E-state index in [4.69, 9.17) is 11.6 Å². The summed E-state index contributed by atoms with van der Waals surface area (Å²) in [7, 11) is 0. The summed E-state index contributed by atoms with van der Waals surface area (Å²) in [6.07, 6.45) is 4.11. The molecule has 3 aromatic rings. The van der Waals surface area contributed by atoms with Gasteiger partial charge in [-0.3, -0.25) is 14.6 Å². The molecule has 0 atom stereocenters. The molecule has 4 rings (SSSR count). The number of carbonyl (C=O) groups excluding carboxylic acids is 1. The first-order chi connectivity index (χ1) is 13.6. The molecule has 1 aliphatic rings. The minimum atomic E-state index is 0.0132. The molecule has 0 bridgehead atoms. The van der Waals surface area contributed by atoms with Gasteiger partial charge in [-0.25, -0.2) is 4.98 Å². The Hall–Kier alpha value is -2.41. The number of anilines is 1. The van der Waals surface area contributed by atoms with E-state index < -0.39 is 0 Å². The van der Waals surface area contributed by atoms with Crippen LogP contribution in [-0.2, 0) is 11.3 Å². The Morgan fingerprint density at radius 1 is 1.14 bits per heavy atom. The molecule has 1 fully saturated rings. The molecular weight excluding hydrogens is 374 g/mol. The molecule has 2 aromatic heterocycles. The smallest absolute Gasteiger partial charge is 0.238 e. The zero-order chi connectivity index (χ0) is 19.5. The zero-order valence-corrected chi connectivity index (χ0v) is 16.7. The lowest BCUT2D eigenvalue weighted by Gasteiger charge is -2.33. The largest absolute Gasteiger partial charge is 0.325 e. The van der Waals surface area contributed by atoms with Gasteiger partial charge in [-0.1, -0.05) is 17.7 Å². The lowest BCUT2D eigenvalue weighted by Crippen LogP contribution is -2.48. The van der Waals surface area contributed by atoms with Crippen LogP contribution < -0.4 is 5.32 Å². The van der Waals surface area contributed by atoms with E-state index in [9.17, 15) is 4.79 Å². The molecule has 28 heavy (non-hydrogen) atoms. The van der Waals surface area contributed by atoms with Crippen LogP contribution in [0.2, 0.25) is 5.02 Å². The summed E-state index contributed by atoms with van der Waals surface area (Å²) in [6, 6.07) is 11.5. The van der Waals surface area contributed by atoms with Crippen molar-refractivity contribution < 1.29 is 4.79 Å². The molecular formula is C21H24ClN5O. The van der Waals surface area contributed by atoms with Crippen molar-refractivity contribution in [2.75, 3.05) is 38.0 Å². The molecule has 1 amide bonds. The predicted molar refractivity (Wildman–Crippen MR) is 112 cm³/mol. The van der Waals surface area contributed by atoms with E-state index in [0.717, 1.165) is 55.3 Å². The third-order valence-electron chi connectivity index (χ3n) is 5.09. The maximum Gasteiger partial charge on any atom is 0.238 e. The number of fused-ring (bicyclic) bond motifs is 1. The van der Waals surface area contributed by atoms with E-state index in [1.807, 2.05) is 43.5 Å². The van der Waals surface area contributed by atoms with Gasteiger partial charge in [0.2, 0.25) is 5.91 Å². The Labute approximate surface area is 169 Å². The maximum atomic E-state index is 12.4. The highest BCUT2D eigenvalue weighted by Crippen LogP contribution is 2.19. The number of halogens is 1. The molecule has 0 aliphatic carbocycles. The number of aromatic nitrogens is 2. The van der Waals surface area contributed by atoms with Gasteiger partial charge in [-0.15, -0.1) is 0 Å². The fourth-order valence-electron chi connectivity index (χ4n) is 3.56. The molecule has 6 nitrogen and oxygen atoms in total. The Bertz CT molecular complexity index is 945. The quantitative estimate of drug-likeness (QED) is 0.719. The molecule has 1 N–H and O–H groups in total. The van der Waals surface area contributed by atoms with E-state index >= 15 is 0 Å². The summed E-state index contributed by atoms with van der Waals surface area (Å²) in [5.41, 5.74) is 3.85. The van der Waals surface area contributed by atoms with Crippen molar-refractivity contribution in [3.8, 4) is 0 Å². The molecule has 1 saturated heterocycles. The maximum absolute atomic E-state index is 12.4. The fraction of sp³-hybridized carbons (Fsp3) is 0.333. The van der Waals surface area contributed by atoms with Crippen LogP contribution in [-0.4, -0.2) is 57.8 Å². The van der Waals surface area contributed by atoms with Crippen LogP contribution in [0.4, 0.5) is 5.69 Å². The lowest BCUT2D eigenvalue weighted by molar-refractivity contribution is -0.117. The molecule has 0 saturated carbocycles. The molecule has 1 aromatic carbocycles. The van der Waals surface area contributed by atoms with Crippen molar-refractivity contribution >= 4 is 28.8 Å². The third kappa shape index (κ3) is 4.52. The number of piperazine rings is 1. The van der Waals surface area contributed by atoms with Gasteiger partial charge in [-0.05, 0) is 42.8 Å².